The molecule has 278 valence electrons. The van der Waals surface area contributed by atoms with Gasteiger partial charge >= 0.3 is 5.97 Å². The fourth-order valence-electron chi connectivity index (χ4n) is 11.5. The molecule has 3 aliphatic heterocycles. The molecule has 6 N–H and O–H groups in total. The van der Waals surface area contributed by atoms with Crippen LogP contribution < -0.4 is 0 Å². The summed E-state index contributed by atoms with van der Waals surface area (Å²) in [6.07, 6.45) is -1.10. The molecule has 0 radical (unpaired) electrons. The minimum atomic E-state index is -1.56. The molecule has 6 fully saturated rings. The van der Waals surface area contributed by atoms with Crippen LogP contribution in [0.25, 0.3) is 0 Å². The van der Waals surface area contributed by atoms with Crippen LogP contribution in [0.3, 0.4) is 0 Å². The normalized spacial score (nSPS) is 54.4. The second-order valence-electron chi connectivity index (χ2n) is 16.6. The highest BCUT2D eigenvalue weighted by Gasteiger charge is 2.70. The van der Waals surface area contributed by atoms with Gasteiger partial charge in [0.15, 0.2) is 12.6 Å². The summed E-state index contributed by atoms with van der Waals surface area (Å²) in [5.74, 6) is 0.0783. The maximum Gasteiger partial charge on any atom is 0.331 e. The molecule has 3 heterocycles. The Morgan fingerprint density at radius 3 is 2.33 bits per heavy atom. The largest absolute Gasteiger partial charge is 0.458 e. The van der Waals surface area contributed by atoms with E-state index in [-0.39, 0.29) is 40.7 Å². The molecular formula is C36H56O13. The monoisotopic (exact) mass is 696 g/mol. The number of methoxy groups -OCH3 is 1. The molecule has 0 aromatic rings. The fourth-order valence-corrected chi connectivity index (χ4v) is 11.5. The van der Waals surface area contributed by atoms with Crippen molar-refractivity contribution in [2.24, 2.45) is 28.6 Å². The van der Waals surface area contributed by atoms with Crippen molar-refractivity contribution in [3.8, 4) is 0 Å². The number of aliphatic hydroxyl groups is 6. The van der Waals surface area contributed by atoms with Crippen molar-refractivity contribution in [2.45, 2.75) is 158 Å². The van der Waals surface area contributed by atoms with Crippen LogP contribution in [-0.4, -0.2) is 130 Å². The Bertz CT molecular complexity index is 1280. The lowest BCUT2D eigenvalue weighted by Gasteiger charge is -2.66. The van der Waals surface area contributed by atoms with Crippen molar-refractivity contribution in [3.05, 3.63) is 11.6 Å². The van der Waals surface area contributed by atoms with Gasteiger partial charge in [0.1, 0.15) is 37.1 Å². The molecule has 0 amide bonds. The highest BCUT2D eigenvalue weighted by atomic mass is 16.7. The Labute approximate surface area is 287 Å². The Morgan fingerprint density at radius 2 is 1.63 bits per heavy atom. The smallest absolute Gasteiger partial charge is 0.331 e. The van der Waals surface area contributed by atoms with Crippen LogP contribution in [0.2, 0.25) is 0 Å². The zero-order valence-electron chi connectivity index (χ0n) is 29.1. The van der Waals surface area contributed by atoms with E-state index < -0.39 is 73.1 Å². The molecule has 0 aromatic heterocycles. The summed E-state index contributed by atoms with van der Waals surface area (Å²) >= 11 is 0. The first-order valence-electron chi connectivity index (χ1n) is 18.3. The Balaban J connectivity index is 0.994. The Morgan fingerprint density at radius 1 is 0.898 bits per heavy atom. The van der Waals surface area contributed by atoms with E-state index in [1.54, 1.807) is 20.1 Å². The standard InChI is InChI=1S/C36H56O13/c1-18-31(49-32-30(41)29(40)28(39)25(16-37)48-32)24(44-4)14-27(46-18)47-20-5-9-33(2)22-6-10-34(3)21(19-13-26(38)45-17-19)8-12-36(34,43)23(22)7-11-35(33,42)15-20/h13,18,20-25,27-32,37,39-43H,5-12,14-17H2,1-4H3/t18-,20+,21+,22-,23+,24+,25+,27-,28+,29-,30+,31+,32-,33+,34+,35-,36+/m1/s1. The maximum atomic E-state index is 12.5. The van der Waals surface area contributed by atoms with Gasteiger partial charge < -0.3 is 59.1 Å². The van der Waals surface area contributed by atoms with E-state index in [0.29, 0.717) is 32.3 Å². The number of carbonyl (C=O) groups is 1. The number of aliphatic hydroxyl groups excluding tert-OH is 4. The minimum Gasteiger partial charge on any atom is -0.458 e. The molecule has 4 saturated carbocycles. The number of hydrogen-bond donors (Lipinski definition) is 6. The topological polar surface area (TPSA) is 194 Å². The van der Waals surface area contributed by atoms with Crippen LogP contribution in [0, 0.1) is 28.6 Å². The highest BCUT2D eigenvalue weighted by molar-refractivity contribution is 5.85. The first-order chi connectivity index (χ1) is 23.2. The van der Waals surface area contributed by atoms with Crippen molar-refractivity contribution in [1.29, 1.82) is 0 Å². The average Bonchev–Trinajstić information content (AvgIpc) is 3.61. The summed E-state index contributed by atoms with van der Waals surface area (Å²) in [7, 11) is 1.55. The molecule has 7 aliphatic rings. The summed E-state index contributed by atoms with van der Waals surface area (Å²) in [5.41, 5.74) is -1.52. The number of fused-ring (bicyclic) bond motifs is 5. The zero-order chi connectivity index (χ0) is 35.1. The Kier molecular flexibility index (Phi) is 9.60. The van der Waals surface area contributed by atoms with Crippen molar-refractivity contribution < 1.29 is 63.9 Å². The van der Waals surface area contributed by atoms with Gasteiger partial charge in [-0.25, -0.2) is 4.79 Å². The van der Waals surface area contributed by atoms with Gasteiger partial charge in [-0.05, 0) is 87.0 Å². The zero-order valence-corrected chi connectivity index (χ0v) is 29.1. The number of rotatable bonds is 7. The van der Waals surface area contributed by atoms with E-state index in [0.717, 1.165) is 44.1 Å². The highest BCUT2D eigenvalue weighted by Crippen LogP contribution is 2.70. The number of carbonyl (C=O) groups excluding carboxylic acids is 1. The van der Waals surface area contributed by atoms with Gasteiger partial charge in [0.2, 0.25) is 0 Å². The van der Waals surface area contributed by atoms with Gasteiger partial charge in [-0.2, -0.15) is 0 Å². The maximum absolute atomic E-state index is 12.5. The van der Waals surface area contributed by atoms with Crippen LogP contribution in [0.15, 0.2) is 11.6 Å². The molecule has 2 saturated heterocycles. The molecule has 0 bridgehead atoms. The molecule has 0 aromatic carbocycles. The van der Waals surface area contributed by atoms with Gasteiger partial charge in [0.05, 0.1) is 36.1 Å². The van der Waals surface area contributed by atoms with Crippen molar-refractivity contribution in [3.63, 3.8) is 0 Å². The average molecular weight is 697 g/mol. The van der Waals surface area contributed by atoms with Crippen LogP contribution in [-0.2, 0) is 33.2 Å². The summed E-state index contributed by atoms with van der Waals surface area (Å²) in [5, 5.41) is 65.4. The first-order valence-corrected chi connectivity index (χ1v) is 18.3. The van der Waals surface area contributed by atoms with Gasteiger partial charge in [-0.15, -0.1) is 0 Å². The predicted octanol–water partition coefficient (Wildman–Crippen LogP) is 1.08. The molecule has 13 nitrogen and oxygen atoms in total. The minimum absolute atomic E-state index is 0.0724. The van der Waals surface area contributed by atoms with Crippen molar-refractivity contribution in [1.82, 2.24) is 0 Å². The van der Waals surface area contributed by atoms with Crippen molar-refractivity contribution >= 4 is 5.97 Å². The fraction of sp³-hybridized carbons (Fsp3) is 0.917. The summed E-state index contributed by atoms with van der Waals surface area (Å²) < 4.78 is 35.4. The van der Waals surface area contributed by atoms with Crippen LogP contribution in [0.4, 0.5) is 0 Å². The van der Waals surface area contributed by atoms with E-state index in [2.05, 4.69) is 13.8 Å². The van der Waals surface area contributed by atoms with E-state index >= 15 is 0 Å². The summed E-state index contributed by atoms with van der Waals surface area (Å²) in [6, 6.07) is 0. The lowest BCUT2D eigenvalue weighted by molar-refractivity contribution is -0.347. The number of hydrogen-bond acceptors (Lipinski definition) is 13. The third-order valence-corrected chi connectivity index (χ3v) is 14.5. The van der Waals surface area contributed by atoms with Crippen LogP contribution in [0.5, 0.6) is 0 Å². The number of cyclic esters (lactones) is 1. The van der Waals surface area contributed by atoms with Crippen LogP contribution >= 0.6 is 0 Å². The van der Waals surface area contributed by atoms with Gasteiger partial charge in [-0.1, -0.05) is 13.8 Å². The molecule has 7 rings (SSSR count). The molecular weight excluding hydrogens is 640 g/mol. The van der Waals surface area contributed by atoms with Crippen molar-refractivity contribution in [2.75, 3.05) is 20.3 Å². The summed E-state index contributed by atoms with van der Waals surface area (Å²) in [6.45, 7) is 5.98. The molecule has 0 spiro atoms. The quantitative estimate of drug-likeness (QED) is 0.164. The molecule has 17 atom stereocenters. The molecule has 49 heavy (non-hydrogen) atoms. The summed E-state index contributed by atoms with van der Waals surface area (Å²) in [4.78, 5) is 11.9. The second kappa shape index (κ2) is 13.0. The Hall–Kier alpha value is -1.23. The number of esters is 1. The van der Waals surface area contributed by atoms with E-state index in [1.165, 1.54) is 0 Å². The SMILES string of the molecule is CO[C@H]1C[C@@H](O[C@H]2CC[C@@]3(C)[C@@H]4CC[C@@]5(C)[C@H](C6=CC(=O)OC6)CC[C@]5(O)[C@H]4CC[C@@]3(O)C2)O[C@H](C)[C@@H]1O[C@H]1O[C@@H](CO)[C@H](O)[C@@H](O)[C@@H]1O. The third kappa shape index (κ3) is 5.65. The molecule has 0 unspecified atom stereocenters. The third-order valence-electron chi connectivity index (χ3n) is 14.5. The second-order valence-corrected chi connectivity index (χ2v) is 16.6. The van der Waals surface area contributed by atoms with E-state index in [1.807, 2.05) is 0 Å². The predicted molar refractivity (Wildman–Crippen MR) is 170 cm³/mol. The first kappa shape index (κ1) is 36.1. The lowest BCUT2D eigenvalue weighted by atomic mass is 9.42. The van der Waals surface area contributed by atoms with E-state index in [9.17, 15) is 35.4 Å². The van der Waals surface area contributed by atoms with Crippen LogP contribution in [0.1, 0.15) is 85.0 Å². The van der Waals surface area contributed by atoms with E-state index in [4.69, 9.17) is 28.4 Å². The molecule has 13 heteroatoms. The van der Waals surface area contributed by atoms with Gasteiger partial charge in [-0.3, -0.25) is 0 Å². The lowest BCUT2D eigenvalue weighted by Crippen LogP contribution is -2.67. The number of ether oxygens (including phenoxy) is 6. The molecule has 4 aliphatic carbocycles. The van der Waals surface area contributed by atoms with Gasteiger partial charge in [0.25, 0.3) is 0 Å². The van der Waals surface area contributed by atoms with Gasteiger partial charge in [0, 0.05) is 31.4 Å².